The maximum atomic E-state index is 11.4. The molecule has 0 aliphatic carbocycles. The van der Waals surface area contributed by atoms with E-state index in [1.54, 1.807) is 12.3 Å². The summed E-state index contributed by atoms with van der Waals surface area (Å²) in [6.45, 7) is 4.09. The van der Waals surface area contributed by atoms with Crippen molar-refractivity contribution in [1.29, 1.82) is 0 Å². The maximum absolute atomic E-state index is 11.4. The van der Waals surface area contributed by atoms with Crippen LogP contribution in [0.3, 0.4) is 0 Å². The van der Waals surface area contributed by atoms with Gasteiger partial charge in [0.1, 0.15) is 5.82 Å². The number of allylic oxidation sites excluding steroid dienone is 1. The third-order valence-corrected chi connectivity index (χ3v) is 1.77. The highest BCUT2D eigenvalue weighted by Crippen LogP contribution is 2.10. The second-order valence-corrected chi connectivity index (χ2v) is 3.43. The van der Waals surface area contributed by atoms with Crippen LogP contribution < -0.4 is 11.1 Å². The van der Waals surface area contributed by atoms with Crippen LogP contribution in [0.25, 0.3) is 0 Å². The van der Waals surface area contributed by atoms with Gasteiger partial charge in [0.05, 0.1) is 0 Å². The average molecular weight is 205 g/mol. The van der Waals surface area contributed by atoms with Gasteiger partial charge in [0.15, 0.2) is 0 Å². The molecule has 0 bridgehead atoms. The van der Waals surface area contributed by atoms with Crippen molar-refractivity contribution in [2.75, 3.05) is 5.32 Å². The van der Waals surface area contributed by atoms with E-state index in [4.69, 9.17) is 5.73 Å². The molecule has 0 unspecified atom stereocenters. The minimum atomic E-state index is -0.177. The molecule has 0 aliphatic rings. The molecule has 4 nitrogen and oxygen atoms in total. The molecule has 0 saturated heterocycles. The van der Waals surface area contributed by atoms with Gasteiger partial charge >= 0.3 is 0 Å². The predicted molar refractivity (Wildman–Crippen MR) is 60.2 cm³/mol. The number of pyridine rings is 1. The highest BCUT2D eigenvalue weighted by atomic mass is 16.1. The fourth-order valence-electron chi connectivity index (χ4n) is 1.13. The number of aromatic nitrogens is 1. The summed E-state index contributed by atoms with van der Waals surface area (Å²) >= 11 is 0. The summed E-state index contributed by atoms with van der Waals surface area (Å²) in [6.07, 6.45) is 3.15. The normalized spacial score (nSPS) is 9.53. The first-order valence-corrected chi connectivity index (χ1v) is 4.73. The lowest BCUT2D eigenvalue weighted by Gasteiger charge is -2.06. The van der Waals surface area contributed by atoms with Crippen molar-refractivity contribution < 1.29 is 4.79 Å². The Labute approximate surface area is 89.2 Å². The number of hydrogen-bond acceptors (Lipinski definition) is 3. The van der Waals surface area contributed by atoms with Crippen molar-refractivity contribution >= 4 is 11.7 Å². The number of amides is 1. The first-order chi connectivity index (χ1) is 7.13. The summed E-state index contributed by atoms with van der Waals surface area (Å²) in [5, 5.41) is 2.69. The van der Waals surface area contributed by atoms with Crippen LogP contribution in [0.4, 0.5) is 5.82 Å². The zero-order valence-electron chi connectivity index (χ0n) is 8.95. The molecule has 15 heavy (non-hydrogen) atoms. The first-order valence-electron chi connectivity index (χ1n) is 4.73. The molecular weight excluding hydrogens is 190 g/mol. The Morgan fingerprint density at radius 1 is 1.60 bits per heavy atom. The standard InChI is InChI=1S/C11H15N3O/c1-8(2)6-10(15)14-11-9(7-12)4-3-5-13-11/h3-6H,7,12H2,1-2H3,(H,13,14,15). The molecule has 0 fully saturated rings. The molecule has 3 N–H and O–H groups in total. The maximum Gasteiger partial charge on any atom is 0.249 e. The van der Waals surface area contributed by atoms with Crippen molar-refractivity contribution in [3.8, 4) is 0 Å². The zero-order chi connectivity index (χ0) is 11.3. The smallest absolute Gasteiger partial charge is 0.249 e. The van der Waals surface area contributed by atoms with Gasteiger partial charge in [-0.3, -0.25) is 4.79 Å². The van der Waals surface area contributed by atoms with Gasteiger partial charge in [-0.15, -0.1) is 0 Å². The topological polar surface area (TPSA) is 68.0 Å². The third kappa shape index (κ3) is 3.52. The highest BCUT2D eigenvalue weighted by Gasteiger charge is 2.03. The van der Waals surface area contributed by atoms with Gasteiger partial charge in [0.25, 0.3) is 0 Å². The molecule has 4 heteroatoms. The molecule has 0 aromatic carbocycles. The lowest BCUT2D eigenvalue weighted by molar-refractivity contribution is -0.112. The van der Waals surface area contributed by atoms with Crippen LogP contribution in [0.15, 0.2) is 30.0 Å². The van der Waals surface area contributed by atoms with E-state index in [1.165, 1.54) is 6.08 Å². The van der Waals surface area contributed by atoms with Crippen molar-refractivity contribution in [3.05, 3.63) is 35.5 Å². The lowest BCUT2D eigenvalue weighted by Crippen LogP contribution is -2.13. The molecule has 0 atom stereocenters. The van der Waals surface area contributed by atoms with Crippen LogP contribution in [-0.2, 0) is 11.3 Å². The molecule has 0 radical (unpaired) electrons. The molecule has 0 aliphatic heterocycles. The molecule has 1 rings (SSSR count). The van der Waals surface area contributed by atoms with E-state index in [0.717, 1.165) is 11.1 Å². The Balaban J connectivity index is 2.80. The van der Waals surface area contributed by atoms with Gasteiger partial charge < -0.3 is 11.1 Å². The Bertz CT molecular complexity index is 381. The number of carbonyl (C=O) groups excluding carboxylic acids is 1. The van der Waals surface area contributed by atoms with E-state index in [1.807, 2.05) is 19.9 Å². The van der Waals surface area contributed by atoms with Crippen LogP contribution in [0, 0.1) is 0 Å². The van der Waals surface area contributed by atoms with E-state index in [9.17, 15) is 4.79 Å². The van der Waals surface area contributed by atoms with Gasteiger partial charge in [0, 0.05) is 24.4 Å². The molecule has 1 heterocycles. The monoisotopic (exact) mass is 205 g/mol. The van der Waals surface area contributed by atoms with E-state index < -0.39 is 0 Å². The summed E-state index contributed by atoms with van der Waals surface area (Å²) in [5.41, 5.74) is 7.29. The third-order valence-electron chi connectivity index (χ3n) is 1.77. The fourth-order valence-corrected chi connectivity index (χ4v) is 1.13. The summed E-state index contributed by atoms with van der Waals surface area (Å²) in [4.78, 5) is 15.5. The van der Waals surface area contributed by atoms with E-state index in [0.29, 0.717) is 12.4 Å². The number of carbonyl (C=O) groups is 1. The van der Waals surface area contributed by atoms with E-state index >= 15 is 0 Å². The first kappa shape index (κ1) is 11.4. The van der Waals surface area contributed by atoms with Gasteiger partial charge in [0.2, 0.25) is 5.91 Å². The van der Waals surface area contributed by atoms with E-state index in [-0.39, 0.29) is 5.91 Å². The number of rotatable bonds is 3. The van der Waals surface area contributed by atoms with E-state index in [2.05, 4.69) is 10.3 Å². The van der Waals surface area contributed by atoms with Crippen molar-refractivity contribution in [2.45, 2.75) is 20.4 Å². The SMILES string of the molecule is CC(C)=CC(=O)Nc1ncccc1CN. The van der Waals surface area contributed by atoms with Crippen molar-refractivity contribution in [3.63, 3.8) is 0 Å². The number of nitrogens with two attached hydrogens (primary N) is 1. The Kier molecular flexibility index (Phi) is 4.00. The Morgan fingerprint density at radius 2 is 2.33 bits per heavy atom. The molecule has 1 amide bonds. The molecule has 0 saturated carbocycles. The van der Waals surface area contributed by atoms with Crippen molar-refractivity contribution in [2.24, 2.45) is 5.73 Å². The second-order valence-electron chi connectivity index (χ2n) is 3.43. The summed E-state index contributed by atoms with van der Waals surface area (Å²) < 4.78 is 0. The Hall–Kier alpha value is -1.68. The lowest BCUT2D eigenvalue weighted by atomic mass is 10.2. The van der Waals surface area contributed by atoms with Crippen molar-refractivity contribution in [1.82, 2.24) is 4.98 Å². The van der Waals surface area contributed by atoms with Crippen LogP contribution in [-0.4, -0.2) is 10.9 Å². The van der Waals surface area contributed by atoms with Crippen LogP contribution in [0.2, 0.25) is 0 Å². The van der Waals surface area contributed by atoms with Crippen LogP contribution in [0.1, 0.15) is 19.4 Å². The molecule has 0 spiro atoms. The number of nitrogens with zero attached hydrogens (tertiary/aromatic N) is 1. The van der Waals surface area contributed by atoms with Gasteiger partial charge in [-0.1, -0.05) is 11.6 Å². The molecule has 80 valence electrons. The minimum Gasteiger partial charge on any atom is -0.326 e. The molecule has 1 aromatic rings. The van der Waals surface area contributed by atoms with Crippen LogP contribution in [0.5, 0.6) is 0 Å². The summed E-state index contributed by atoms with van der Waals surface area (Å²) in [7, 11) is 0. The molecule has 1 aromatic heterocycles. The quantitative estimate of drug-likeness (QED) is 0.734. The minimum absolute atomic E-state index is 0.177. The predicted octanol–water partition coefficient (Wildman–Crippen LogP) is 1.44. The Morgan fingerprint density at radius 3 is 2.93 bits per heavy atom. The average Bonchev–Trinajstić information content (AvgIpc) is 2.17. The van der Waals surface area contributed by atoms with Gasteiger partial charge in [-0.2, -0.15) is 0 Å². The number of anilines is 1. The number of nitrogens with one attached hydrogen (secondary N) is 1. The largest absolute Gasteiger partial charge is 0.326 e. The zero-order valence-corrected chi connectivity index (χ0v) is 8.95. The highest BCUT2D eigenvalue weighted by molar-refractivity contribution is 5.99. The summed E-state index contributed by atoms with van der Waals surface area (Å²) in [5.74, 6) is 0.353. The van der Waals surface area contributed by atoms with Gasteiger partial charge in [-0.25, -0.2) is 4.98 Å². The number of hydrogen-bond donors (Lipinski definition) is 2. The van der Waals surface area contributed by atoms with Crippen LogP contribution >= 0.6 is 0 Å². The summed E-state index contributed by atoms with van der Waals surface area (Å²) in [6, 6.07) is 3.63. The second kappa shape index (κ2) is 5.26. The van der Waals surface area contributed by atoms with Gasteiger partial charge in [-0.05, 0) is 19.9 Å². The molecular formula is C11H15N3O. The fraction of sp³-hybridized carbons (Fsp3) is 0.273.